The summed E-state index contributed by atoms with van der Waals surface area (Å²) in [6, 6.07) is 20.1. The van der Waals surface area contributed by atoms with E-state index in [-0.39, 0.29) is 23.1 Å². The van der Waals surface area contributed by atoms with Crippen LogP contribution in [-0.2, 0) is 5.41 Å². The van der Waals surface area contributed by atoms with Crippen LogP contribution in [0.15, 0.2) is 72.9 Å². The summed E-state index contributed by atoms with van der Waals surface area (Å²) in [5, 5.41) is 24.6. The highest BCUT2D eigenvalue weighted by molar-refractivity contribution is 5.94. The summed E-state index contributed by atoms with van der Waals surface area (Å²) in [5.74, 6) is 0.335. The number of pyridine rings is 1. The van der Waals surface area contributed by atoms with Crippen molar-refractivity contribution in [2.24, 2.45) is 0 Å². The van der Waals surface area contributed by atoms with Crippen molar-refractivity contribution in [3.05, 3.63) is 99.7 Å². The van der Waals surface area contributed by atoms with Gasteiger partial charge in [-0.05, 0) is 42.5 Å². The molecule has 1 unspecified atom stereocenters. The fourth-order valence-electron chi connectivity index (χ4n) is 5.31. The zero-order valence-corrected chi connectivity index (χ0v) is 18.1. The SMILES string of the molecule is O=C(NC1CC2(CCN(c3cc([N+](=O)[O-])cc[n+]3O)CC2)c2ccccc21)c1ccccc1. The molecule has 168 valence electrons. The van der Waals surface area contributed by atoms with Crippen LogP contribution in [0.4, 0.5) is 11.5 Å². The topological polar surface area (TPSA) is 99.6 Å². The number of rotatable bonds is 4. The Morgan fingerprint density at radius 2 is 1.79 bits per heavy atom. The van der Waals surface area contributed by atoms with E-state index in [9.17, 15) is 20.1 Å². The molecule has 2 N–H and O–H groups in total. The van der Waals surface area contributed by atoms with E-state index in [1.807, 2.05) is 47.4 Å². The molecule has 1 aromatic heterocycles. The van der Waals surface area contributed by atoms with Crippen molar-refractivity contribution in [2.75, 3.05) is 18.0 Å². The van der Waals surface area contributed by atoms with Crippen LogP contribution >= 0.6 is 0 Å². The summed E-state index contributed by atoms with van der Waals surface area (Å²) in [6.45, 7) is 1.30. The van der Waals surface area contributed by atoms with Gasteiger partial charge in [0.05, 0.1) is 30.1 Å². The quantitative estimate of drug-likeness (QED) is 0.277. The lowest BCUT2D eigenvalue weighted by Crippen LogP contribution is -2.47. The van der Waals surface area contributed by atoms with Crippen LogP contribution in [0, 0.1) is 10.1 Å². The molecule has 2 heterocycles. The molecular formula is C25H25N4O4+. The number of carbonyl (C=O) groups excluding carboxylic acids is 1. The maximum absolute atomic E-state index is 12.8. The number of nitrogens with one attached hydrogen (secondary N) is 1. The van der Waals surface area contributed by atoms with E-state index in [1.54, 1.807) is 0 Å². The molecule has 8 nitrogen and oxygen atoms in total. The van der Waals surface area contributed by atoms with Crippen molar-refractivity contribution in [1.82, 2.24) is 5.32 Å². The number of nitrogens with zero attached hydrogens (tertiary/aromatic N) is 3. The van der Waals surface area contributed by atoms with Crippen LogP contribution in [0.1, 0.15) is 46.8 Å². The lowest BCUT2D eigenvalue weighted by atomic mass is 9.73. The van der Waals surface area contributed by atoms with E-state index < -0.39 is 4.92 Å². The van der Waals surface area contributed by atoms with Gasteiger partial charge in [0, 0.05) is 11.0 Å². The molecule has 1 aliphatic heterocycles. The van der Waals surface area contributed by atoms with Crippen molar-refractivity contribution in [2.45, 2.75) is 30.7 Å². The predicted octanol–water partition coefficient (Wildman–Crippen LogP) is 3.53. The molecule has 5 rings (SSSR count). The number of benzene rings is 2. The number of anilines is 1. The first kappa shape index (κ1) is 20.9. The Morgan fingerprint density at radius 3 is 2.52 bits per heavy atom. The van der Waals surface area contributed by atoms with Crippen LogP contribution in [0.5, 0.6) is 0 Å². The molecule has 1 atom stereocenters. The molecule has 3 aromatic rings. The van der Waals surface area contributed by atoms with Gasteiger partial charge in [-0.25, -0.2) is 0 Å². The Bertz CT molecular complexity index is 1210. The zero-order valence-electron chi connectivity index (χ0n) is 18.1. The molecule has 0 bridgehead atoms. The fraction of sp³-hybridized carbons (Fsp3) is 0.280. The van der Waals surface area contributed by atoms with Gasteiger partial charge < -0.3 is 10.5 Å². The highest BCUT2D eigenvalue weighted by Gasteiger charge is 2.47. The van der Waals surface area contributed by atoms with E-state index in [4.69, 9.17) is 0 Å². The minimum atomic E-state index is -0.456. The molecule has 1 amide bonds. The summed E-state index contributed by atoms with van der Waals surface area (Å²) >= 11 is 0. The number of aromatic nitrogens is 1. The lowest BCUT2D eigenvalue weighted by molar-refractivity contribution is -0.894. The highest BCUT2D eigenvalue weighted by Crippen LogP contribution is 2.51. The largest absolute Gasteiger partial charge is 0.350 e. The molecule has 1 fully saturated rings. The number of carbonyl (C=O) groups is 1. The van der Waals surface area contributed by atoms with E-state index in [0.717, 1.165) is 29.6 Å². The first-order chi connectivity index (χ1) is 16.0. The van der Waals surface area contributed by atoms with Crippen molar-refractivity contribution in [3.8, 4) is 0 Å². The summed E-state index contributed by atoms with van der Waals surface area (Å²) in [5.41, 5.74) is 2.93. The van der Waals surface area contributed by atoms with Crippen molar-refractivity contribution >= 4 is 17.4 Å². The second-order valence-corrected chi connectivity index (χ2v) is 8.80. The molecule has 2 aliphatic rings. The summed E-state index contributed by atoms with van der Waals surface area (Å²) in [6.07, 6.45) is 3.76. The summed E-state index contributed by atoms with van der Waals surface area (Å²) in [4.78, 5) is 25.5. The maximum atomic E-state index is 12.8. The average molecular weight is 445 g/mol. The molecule has 1 saturated heterocycles. The van der Waals surface area contributed by atoms with Crippen LogP contribution < -0.4 is 14.9 Å². The van der Waals surface area contributed by atoms with Crippen molar-refractivity contribution in [3.63, 3.8) is 0 Å². The fourth-order valence-corrected chi connectivity index (χ4v) is 5.31. The van der Waals surface area contributed by atoms with Gasteiger partial charge in [-0.1, -0.05) is 47.2 Å². The Morgan fingerprint density at radius 1 is 1.09 bits per heavy atom. The van der Waals surface area contributed by atoms with Gasteiger partial charge >= 0.3 is 5.82 Å². The van der Waals surface area contributed by atoms with Gasteiger partial charge in [0.2, 0.25) is 0 Å². The Balaban J connectivity index is 1.37. The normalized spacial score (nSPS) is 18.7. The Hall–Kier alpha value is -3.94. The minimum absolute atomic E-state index is 0.0505. The van der Waals surface area contributed by atoms with Crippen LogP contribution in [0.25, 0.3) is 0 Å². The summed E-state index contributed by atoms with van der Waals surface area (Å²) in [7, 11) is 0. The van der Waals surface area contributed by atoms with Crippen molar-refractivity contribution in [1.29, 1.82) is 0 Å². The number of nitro groups is 1. The molecule has 1 aliphatic carbocycles. The second kappa shape index (κ2) is 8.20. The minimum Gasteiger partial charge on any atom is -0.350 e. The summed E-state index contributed by atoms with van der Waals surface area (Å²) < 4.78 is 0.941. The smallest absolute Gasteiger partial charge is 0.322 e. The van der Waals surface area contributed by atoms with Gasteiger partial charge in [-0.3, -0.25) is 19.8 Å². The first-order valence-corrected chi connectivity index (χ1v) is 11.1. The zero-order chi connectivity index (χ0) is 23.0. The highest BCUT2D eigenvalue weighted by atomic mass is 16.6. The van der Waals surface area contributed by atoms with E-state index in [0.29, 0.717) is 24.5 Å². The van der Waals surface area contributed by atoms with Crippen molar-refractivity contribution < 1.29 is 19.7 Å². The maximum Gasteiger partial charge on any atom is 0.322 e. The third kappa shape index (κ3) is 3.77. The third-order valence-electron chi connectivity index (χ3n) is 7.00. The van der Waals surface area contributed by atoms with E-state index in [2.05, 4.69) is 17.4 Å². The lowest BCUT2D eigenvalue weighted by Gasteiger charge is -2.37. The third-order valence-corrected chi connectivity index (χ3v) is 7.00. The van der Waals surface area contributed by atoms with Crippen LogP contribution in [-0.4, -0.2) is 29.1 Å². The number of hydrogen-bond donors (Lipinski definition) is 2. The standard InChI is InChI=1S/C25H24N4O4/c30-24(18-6-2-1-3-7-18)26-22-17-25(21-9-5-4-8-20(21)22)11-14-27(15-12-25)23-16-19(29(32)33)10-13-28(23)31/h1-10,13,16,22H,11-12,14-15,17H2,(H-,26,30,31)/p+1. The molecule has 0 radical (unpaired) electrons. The average Bonchev–Trinajstić information content (AvgIpc) is 3.13. The molecular weight excluding hydrogens is 420 g/mol. The molecule has 8 heteroatoms. The Labute approximate surface area is 191 Å². The molecule has 0 saturated carbocycles. The van der Waals surface area contributed by atoms with Gasteiger partial charge in [-0.15, -0.1) is 0 Å². The van der Waals surface area contributed by atoms with E-state index >= 15 is 0 Å². The number of piperidine rings is 1. The number of fused-ring (bicyclic) bond motifs is 2. The number of hydrogen-bond acceptors (Lipinski definition) is 5. The van der Waals surface area contributed by atoms with Crippen LogP contribution in [0.2, 0.25) is 0 Å². The van der Waals surface area contributed by atoms with Gasteiger partial charge in [0.15, 0.2) is 0 Å². The monoisotopic (exact) mass is 445 g/mol. The second-order valence-electron chi connectivity index (χ2n) is 8.80. The van der Waals surface area contributed by atoms with Crippen LogP contribution in [0.3, 0.4) is 0 Å². The molecule has 1 spiro atoms. The molecule has 33 heavy (non-hydrogen) atoms. The first-order valence-electron chi connectivity index (χ1n) is 11.1. The Kier molecular flexibility index (Phi) is 5.20. The van der Waals surface area contributed by atoms with Gasteiger partial charge in [0.25, 0.3) is 11.6 Å². The predicted molar refractivity (Wildman–Crippen MR) is 121 cm³/mol. The van der Waals surface area contributed by atoms with E-state index in [1.165, 1.54) is 23.9 Å². The number of amides is 1. The van der Waals surface area contributed by atoms with Gasteiger partial charge in [0.1, 0.15) is 12.3 Å². The molecule has 2 aromatic carbocycles. The van der Waals surface area contributed by atoms with Gasteiger partial charge in [-0.2, -0.15) is 0 Å².